The summed E-state index contributed by atoms with van der Waals surface area (Å²) < 4.78 is 6.54. The predicted octanol–water partition coefficient (Wildman–Crippen LogP) is 4.38. The summed E-state index contributed by atoms with van der Waals surface area (Å²) >= 11 is 2.86. The van der Waals surface area contributed by atoms with Crippen LogP contribution >= 0.6 is 23.1 Å². The lowest BCUT2D eigenvalue weighted by Gasteiger charge is -2.14. The number of fused-ring (bicyclic) bond motifs is 1. The lowest BCUT2D eigenvalue weighted by molar-refractivity contribution is -0.122. The molecule has 0 aliphatic carbocycles. The second-order valence-electron chi connectivity index (χ2n) is 5.23. The molecule has 1 atom stereocenters. The monoisotopic (exact) mass is 371 g/mol. The number of hydrogen-bond donors (Lipinski definition) is 1. The van der Waals surface area contributed by atoms with E-state index in [0.29, 0.717) is 10.9 Å². The summed E-state index contributed by atoms with van der Waals surface area (Å²) in [7, 11) is 0. The van der Waals surface area contributed by atoms with E-state index in [1.165, 1.54) is 23.1 Å². The maximum atomic E-state index is 12.3. The van der Waals surface area contributed by atoms with Crippen molar-refractivity contribution in [2.45, 2.75) is 17.4 Å². The van der Waals surface area contributed by atoms with Gasteiger partial charge in [-0.05, 0) is 29.8 Å². The third kappa shape index (κ3) is 4.58. The molecule has 5 nitrogen and oxygen atoms in total. The van der Waals surface area contributed by atoms with Gasteiger partial charge in [-0.15, -0.1) is 16.8 Å². The van der Waals surface area contributed by atoms with Crippen molar-refractivity contribution in [1.29, 1.82) is 0 Å². The van der Waals surface area contributed by atoms with Crippen molar-refractivity contribution < 1.29 is 9.53 Å². The average molecular weight is 371 g/mol. The first-order valence-electron chi connectivity index (χ1n) is 7.69. The third-order valence-electron chi connectivity index (χ3n) is 3.36. The van der Waals surface area contributed by atoms with Crippen LogP contribution in [0.15, 0.2) is 59.5 Å². The number of anilines is 1. The molecule has 0 fully saturated rings. The number of carbonyl (C=O) groups is 1. The van der Waals surface area contributed by atoms with E-state index in [1.807, 2.05) is 42.5 Å². The Morgan fingerprint density at radius 2 is 2.12 bits per heavy atom. The number of nitrogens with zero attached hydrogens (tertiary/aromatic N) is 2. The molecular weight excluding hydrogens is 354 g/mol. The Labute approximate surface area is 154 Å². The van der Waals surface area contributed by atoms with E-state index in [-0.39, 0.29) is 5.91 Å². The van der Waals surface area contributed by atoms with E-state index in [2.05, 4.69) is 22.1 Å². The standard InChI is InChI=1S/C18H17N3O2S2/c1-3-10-24-18-21-20-17(25-18)19-16(22)12(2)23-15-9-8-13-6-4-5-7-14(13)11-15/h3-9,11-12H,1,10H2,2H3,(H,19,20,22). The first-order valence-corrected chi connectivity index (χ1v) is 9.49. The Bertz CT molecular complexity index is 895. The summed E-state index contributed by atoms with van der Waals surface area (Å²) in [6, 6.07) is 13.8. The van der Waals surface area contributed by atoms with Crippen molar-refractivity contribution in [3.63, 3.8) is 0 Å². The van der Waals surface area contributed by atoms with Crippen molar-refractivity contribution in [2.75, 3.05) is 11.1 Å². The third-order valence-corrected chi connectivity index (χ3v) is 5.33. The van der Waals surface area contributed by atoms with E-state index < -0.39 is 6.10 Å². The van der Waals surface area contributed by atoms with Gasteiger partial charge >= 0.3 is 0 Å². The number of aromatic nitrogens is 2. The molecule has 128 valence electrons. The van der Waals surface area contributed by atoms with Crippen molar-refractivity contribution in [1.82, 2.24) is 10.2 Å². The maximum Gasteiger partial charge on any atom is 0.266 e. The van der Waals surface area contributed by atoms with Crippen molar-refractivity contribution in [3.8, 4) is 5.75 Å². The fourth-order valence-electron chi connectivity index (χ4n) is 2.15. The molecule has 0 aliphatic rings. The van der Waals surface area contributed by atoms with Crippen LogP contribution in [0.2, 0.25) is 0 Å². The van der Waals surface area contributed by atoms with Crippen LogP contribution in [0.1, 0.15) is 6.92 Å². The molecule has 1 amide bonds. The number of hydrogen-bond acceptors (Lipinski definition) is 6. The molecule has 7 heteroatoms. The second kappa shape index (κ2) is 8.13. The highest BCUT2D eigenvalue weighted by Gasteiger charge is 2.17. The minimum Gasteiger partial charge on any atom is -0.481 e. The van der Waals surface area contributed by atoms with Gasteiger partial charge in [-0.25, -0.2) is 0 Å². The summed E-state index contributed by atoms with van der Waals surface area (Å²) in [6.07, 6.45) is 1.15. The fraction of sp³-hybridized carbons (Fsp3) is 0.167. The zero-order valence-corrected chi connectivity index (χ0v) is 15.3. The van der Waals surface area contributed by atoms with Crippen LogP contribution in [0.4, 0.5) is 5.13 Å². The van der Waals surface area contributed by atoms with E-state index in [4.69, 9.17) is 4.74 Å². The molecule has 1 heterocycles. The van der Waals surface area contributed by atoms with Gasteiger partial charge in [-0.1, -0.05) is 59.5 Å². The highest BCUT2D eigenvalue weighted by Crippen LogP contribution is 2.26. The molecule has 25 heavy (non-hydrogen) atoms. The minimum atomic E-state index is -0.644. The SMILES string of the molecule is C=CCSc1nnc(NC(=O)C(C)Oc2ccc3ccccc3c2)s1. The van der Waals surface area contributed by atoms with Crippen LogP contribution in [0, 0.1) is 0 Å². The number of thioether (sulfide) groups is 1. The summed E-state index contributed by atoms with van der Waals surface area (Å²) in [4.78, 5) is 12.3. The molecular formula is C18H17N3O2S2. The Morgan fingerprint density at radius 1 is 1.32 bits per heavy atom. The van der Waals surface area contributed by atoms with Crippen LogP contribution in [0.3, 0.4) is 0 Å². The van der Waals surface area contributed by atoms with E-state index in [1.54, 1.807) is 13.0 Å². The van der Waals surface area contributed by atoms with Crippen LogP contribution in [0.25, 0.3) is 10.8 Å². The van der Waals surface area contributed by atoms with Crippen molar-refractivity contribution >= 4 is 44.9 Å². The zero-order chi connectivity index (χ0) is 17.6. The summed E-state index contributed by atoms with van der Waals surface area (Å²) in [6.45, 7) is 5.37. The summed E-state index contributed by atoms with van der Waals surface area (Å²) in [5.41, 5.74) is 0. The first kappa shape index (κ1) is 17.4. The van der Waals surface area contributed by atoms with Crippen LogP contribution in [-0.2, 0) is 4.79 Å². The van der Waals surface area contributed by atoms with E-state index >= 15 is 0 Å². The second-order valence-corrected chi connectivity index (χ2v) is 7.48. The number of ether oxygens (including phenoxy) is 1. The quantitative estimate of drug-likeness (QED) is 0.379. The van der Waals surface area contributed by atoms with Crippen LogP contribution in [0.5, 0.6) is 5.75 Å². The number of rotatable bonds is 7. The normalized spacial score (nSPS) is 11.9. The first-order chi connectivity index (χ1) is 12.2. The highest BCUT2D eigenvalue weighted by molar-refractivity contribution is 8.01. The van der Waals surface area contributed by atoms with Crippen molar-refractivity contribution in [2.24, 2.45) is 0 Å². The van der Waals surface area contributed by atoms with Gasteiger partial charge in [0, 0.05) is 5.75 Å². The molecule has 1 N–H and O–H groups in total. The van der Waals surface area contributed by atoms with Gasteiger partial charge in [0.15, 0.2) is 10.4 Å². The van der Waals surface area contributed by atoms with Crippen molar-refractivity contribution in [3.05, 3.63) is 55.1 Å². The fourth-order valence-corrected chi connectivity index (χ4v) is 3.67. The lowest BCUT2D eigenvalue weighted by atomic mass is 10.1. The van der Waals surface area contributed by atoms with Gasteiger partial charge in [0.25, 0.3) is 5.91 Å². The molecule has 0 radical (unpaired) electrons. The highest BCUT2D eigenvalue weighted by atomic mass is 32.2. The molecule has 0 saturated heterocycles. The molecule has 0 saturated carbocycles. The Morgan fingerprint density at radius 3 is 2.92 bits per heavy atom. The van der Waals surface area contributed by atoms with E-state index in [0.717, 1.165) is 20.9 Å². The minimum absolute atomic E-state index is 0.260. The topological polar surface area (TPSA) is 64.1 Å². The smallest absolute Gasteiger partial charge is 0.266 e. The predicted molar refractivity (Wildman–Crippen MR) is 103 cm³/mol. The Hall–Kier alpha value is -2.38. The molecule has 2 aromatic carbocycles. The largest absolute Gasteiger partial charge is 0.481 e. The maximum absolute atomic E-state index is 12.3. The molecule has 0 spiro atoms. The van der Waals surface area contributed by atoms with Gasteiger partial charge in [-0.3, -0.25) is 10.1 Å². The summed E-state index contributed by atoms with van der Waals surface area (Å²) in [5, 5.41) is 13.4. The average Bonchev–Trinajstić information content (AvgIpc) is 3.07. The Balaban J connectivity index is 1.61. The number of carbonyl (C=O) groups excluding carboxylic acids is 1. The van der Waals surface area contributed by atoms with Gasteiger partial charge in [0.05, 0.1) is 0 Å². The molecule has 1 aromatic heterocycles. The van der Waals surface area contributed by atoms with Gasteiger partial charge < -0.3 is 4.74 Å². The number of nitrogens with one attached hydrogen (secondary N) is 1. The number of benzene rings is 2. The molecule has 3 rings (SSSR count). The summed E-state index contributed by atoms with van der Waals surface area (Å²) in [5.74, 6) is 1.15. The molecule has 3 aromatic rings. The van der Waals surface area contributed by atoms with Gasteiger partial charge in [-0.2, -0.15) is 0 Å². The van der Waals surface area contributed by atoms with Crippen LogP contribution < -0.4 is 10.1 Å². The molecule has 0 aliphatic heterocycles. The van der Waals surface area contributed by atoms with Gasteiger partial charge in [0.2, 0.25) is 5.13 Å². The molecule has 0 bridgehead atoms. The number of amides is 1. The lowest BCUT2D eigenvalue weighted by Crippen LogP contribution is -2.30. The molecule has 1 unspecified atom stereocenters. The van der Waals surface area contributed by atoms with Crippen LogP contribution in [-0.4, -0.2) is 28.0 Å². The zero-order valence-electron chi connectivity index (χ0n) is 13.6. The Kier molecular flexibility index (Phi) is 5.67. The van der Waals surface area contributed by atoms with E-state index in [9.17, 15) is 4.79 Å². The van der Waals surface area contributed by atoms with Gasteiger partial charge in [0.1, 0.15) is 5.75 Å².